The third kappa shape index (κ3) is 48.5. The molecule has 0 aromatic rings. The molecule has 0 saturated carbocycles. The van der Waals surface area contributed by atoms with Gasteiger partial charge in [0.1, 0.15) is 0 Å². The van der Waals surface area contributed by atoms with Crippen LogP contribution in [0.4, 0.5) is 0 Å². The SMILES string of the molecule is CCCCCCCCCCCCCCCCCCCCCC(=O)O.CCCCCCCCCCCCOCCNCCO. The van der Waals surface area contributed by atoms with Crippen LogP contribution < -0.4 is 5.32 Å². The number of carboxylic acid groups (broad SMARTS) is 1. The fourth-order valence-electron chi connectivity index (χ4n) is 5.50. The summed E-state index contributed by atoms with van der Waals surface area (Å²) in [6, 6.07) is 0. The van der Waals surface area contributed by atoms with Gasteiger partial charge < -0.3 is 20.3 Å². The highest BCUT2D eigenvalue weighted by Crippen LogP contribution is 2.15. The van der Waals surface area contributed by atoms with Crippen LogP contribution >= 0.6 is 0 Å². The molecule has 0 aliphatic heterocycles. The van der Waals surface area contributed by atoms with Crippen molar-refractivity contribution in [2.75, 3.05) is 32.9 Å². The normalized spacial score (nSPS) is 11.0. The van der Waals surface area contributed by atoms with Crippen molar-refractivity contribution in [1.82, 2.24) is 5.32 Å². The van der Waals surface area contributed by atoms with E-state index in [9.17, 15) is 4.79 Å². The Kier molecular flexibility index (Phi) is 45.0. The van der Waals surface area contributed by atoms with Gasteiger partial charge >= 0.3 is 5.97 Å². The molecule has 3 N–H and O–H groups in total. The fourth-order valence-corrected chi connectivity index (χ4v) is 5.50. The first-order valence-corrected chi connectivity index (χ1v) is 19.3. The molecule has 5 nitrogen and oxygen atoms in total. The van der Waals surface area contributed by atoms with Crippen LogP contribution in [-0.2, 0) is 9.53 Å². The predicted molar refractivity (Wildman–Crippen MR) is 188 cm³/mol. The third-order valence-electron chi connectivity index (χ3n) is 8.35. The van der Waals surface area contributed by atoms with Gasteiger partial charge in [0.05, 0.1) is 13.2 Å². The Morgan fingerprint density at radius 2 is 0.791 bits per heavy atom. The van der Waals surface area contributed by atoms with Gasteiger partial charge in [0, 0.05) is 26.1 Å². The van der Waals surface area contributed by atoms with Gasteiger partial charge in [-0.05, 0) is 12.8 Å². The summed E-state index contributed by atoms with van der Waals surface area (Å²) in [5.74, 6) is -0.651. The van der Waals surface area contributed by atoms with Crippen molar-refractivity contribution in [3.63, 3.8) is 0 Å². The second-order valence-corrected chi connectivity index (χ2v) is 12.8. The number of ether oxygens (including phenoxy) is 1. The fraction of sp³-hybridized carbons (Fsp3) is 0.974. The molecular formula is C38H79NO4. The van der Waals surface area contributed by atoms with Crippen molar-refractivity contribution >= 4 is 5.97 Å². The van der Waals surface area contributed by atoms with Crippen molar-refractivity contribution < 1.29 is 19.7 Å². The number of unbranched alkanes of at least 4 members (excludes halogenated alkanes) is 27. The number of aliphatic hydroxyl groups excluding tert-OH is 1. The first-order valence-electron chi connectivity index (χ1n) is 19.3. The summed E-state index contributed by atoms with van der Waals surface area (Å²) >= 11 is 0. The Balaban J connectivity index is 0. The number of carbonyl (C=O) groups is 1. The summed E-state index contributed by atoms with van der Waals surface area (Å²) in [5, 5.41) is 20.2. The summed E-state index contributed by atoms with van der Waals surface area (Å²) in [5.41, 5.74) is 0. The maximum atomic E-state index is 10.4. The smallest absolute Gasteiger partial charge is 0.303 e. The maximum Gasteiger partial charge on any atom is 0.303 e. The Morgan fingerprint density at radius 3 is 1.12 bits per heavy atom. The molecule has 0 radical (unpaired) electrons. The Bertz CT molecular complexity index is 473. The summed E-state index contributed by atoms with van der Waals surface area (Å²) in [4.78, 5) is 10.4. The lowest BCUT2D eigenvalue weighted by Gasteiger charge is -2.05. The van der Waals surface area contributed by atoms with Gasteiger partial charge in [0.15, 0.2) is 0 Å². The molecule has 0 fully saturated rings. The molecule has 0 aliphatic rings. The second-order valence-electron chi connectivity index (χ2n) is 12.8. The largest absolute Gasteiger partial charge is 0.481 e. The molecule has 0 rings (SSSR count). The van der Waals surface area contributed by atoms with E-state index in [1.807, 2.05) is 0 Å². The topological polar surface area (TPSA) is 78.8 Å². The zero-order chi connectivity index (χ0) is 31.7. The summed E-state index contributed by atoms with van der Waals surface area (Å²) in [6.45, 7) is 7.92. The van der Waals surface area contributed by atoms with Crippen LogP contribution in [0.3, 0.4) is 0 Å². The molecule has 0 aromatic heterocycles. The van der Waals surface area contributed by atoms with Gasteiger partial charge in [0.2, 0.25) is 0 Å². The Hall–Kier alpha value is -0.650. The molecule has 0 atom stereocenters. The van der Waals surface area contributed by atoms with Crippen LogP contribution in [-0.4, -0.2) is 49.1 Å². The van der Waals surface area contributed by atoms with Crippen molar-refractivity contribution in [3.05, 3.63) is 0 Å². The van der Waals surface area contributed by atoms with Gasteiger partial charge in [-0.15, -0.1) is 0 Å². The lowest BCUT2D eigenvalue weighted by Crippen LogP contribution is -2.23. The van der Waals surface area contributed by atoms with E-state index in [1.165, 1.54) is 173 Å². The zero-order valence-corrected chi connectivity index (χ0v) is 29.5. The summed E-state index contributed by atoms with van der Waals surface area (Å²) in [7, 11) is 0. The number of carboxylic acids is 1. The number of hydrogen-bond donors (Lipinski definition) is 3. The molecule has 5 heteroatoms. The van der Waals surface area contributed by atoms with Crippen molar-refractivity contribution in [1.29, 1.82) is 0 Å². The van der Waals surface area contributed by atoms with E-state index in [4.69, 9.17) is 14.9 Å². The maximum absolute atomic E-state index is 10.4. The molecule has 0 amide bonds. The van der Waals surface area contributed by atoms with Crippen molar-refractivity contribution in [3.8, 4) is 0 Å². The predicted octanol–water partition coefficient (Wildman–Crippen LogP) is 11.4. The Labute approximate surface area is 270 Å². The molecule has 0 heterocycles. The van der Waals surface area contributed by atoms with Gasteiger partial charge in [-0.2, -0.15) is 0 Å². The van der Waals surface area contributed by atoms with Crippen molar-refractivity contribution in [2.45, 2.75) is 206 Å². The molecule has 43 heavy (non-hydrogen) atoms. The lowest BCUT2D eigenvalue weighted by molar-refractivity contribution is -0.137. The Morgan fingerprint density at radius 1 is 0.465 bits per heavy atom. The number of rotatable bonds is 36. The van der Waals surface area contributed by atoms with Gasteiger partial charge in [-0.3, -0.25) is 4.79 Å². The zero-order valence-electron chi connectivity index (χ0n) is 29.5. The van der Waals surface area contributed by atoms with Crippen LogP contribution in [0, 0.1) is 0 Å². The van der Waals surface area contributed by atoms with E-state index >= 15 is 0 Å². The van der Waals surface area contributed by atoms with Crippen LogP contribution in [0.2, 0.25) is 0 Å². The third-order valence-corrected chi connectivity index (χ3v) is 8.35. The van der Waals surface area contributed by atoms with Crippen molar-refractivity contribution in [2.24, 2.45) is 0 Å². The van der Waals surface area contributed by atoms with Crippen LogP contribution in [0.5, 0.6) is 0 Å². The molecule has 0 aromatic carbocycles. The molecular weight excluding hydrogens is 534 g/mol. The van der Waals surface area contributed by atoms with E-state index in [-0.39, 0.29) is 6.61 Å². The minimum Gasteiger partial charge on any atom is -0.481 e. The standard InChI is InChI=1S/C22H44O2.C16H35NO2/c1-2-3-4-5-6-7-8-9-10-11-12-13-14-15-16-17-18-19-20-21-22(23)24;1-2-3-4-5-6-7-8-9-10-11-15-19-16-13-17-12-14-18/h2-21H2,1H3,(H,23,24);17-18H,2-16H2,1H3. The molecule has 260 valence electrons. The molecule has 0 aliphatic carbocycles. The average molecular weight is 614 g/mol. The average Bonchev–Trinajstić information content (AvgIpc) is 3.00. The van der Waals surface area contributed by atoms with E-state index in [2.05, 4.69) is 19.2 Å². The van der Waals surface area contributed by atoms with E-state index in [0.717, 1.165) is 32.6 Å². The summed E-state index contributed by atoms with van der Waals surface area (Å²) in [6.07, 6.45) is 39.8. The van der Waals surface area contributed by atoms with E-state index in [0.29, 0.717) is 13.0 Å². The van der Waals surface area contributed by atoms with Gasteiger partial charge in [-0.25, -0.2) is 0 Å². The minimum absolute atomic E-state index is 0.207. The second kappa shape index (κ2) is 43.5. The minimum atomic E-state index is -0.651. The highest BCUT2D eigenvalue weighted by atomic mass is 16.5. The van der Waals surface area contributed by atoms with Crippen LogP contribution in [0.1, 0.15) is 206 Å². The molecule has 0 spiro atoms. The van der Waals surface area contributed by atoms with Gasteiger partial charge in [0.25, 0.3) is 0 Å². The first kappa shape index (κ1) is 44.5. The number of aliphatic carboxylic acids is 1. The van der Waals surface area contributed by atoms with Gasteiger partial charge in [-0.1, -0.05) is 187 Å². The number of nitrogens with one attached hydrogen (secondary N) is 1. The van der Waals surface area contributed by atoms with E-state index < -0.39 is 5.97 Å². The highest BCUT2D eigenvalue weighted by Gasteiger charge is 1.98. The molecule has 0 unspecified atom stereocenters. The monoisotopic (exact) mass is 614 g/mol. The van der Waals surface area contributed by atoms with Crippen LogP contribution in [0.15, 0.2) is 0 Å². The summed E-state index contributed by atoms with van der Waals surface area (Å²) < 4.78 is 5.51. The first-order chi connectivity index (χ1) is 21.2. The quantitative estimate of drug-likeness (QED) is 0.0613. The number of hydrogen-bond acceptors (Lipinski definition) is 4. The van der Waals surface area contributed by atoms with E-state index in [1.54, 1.807) is 0 Å². The molecule has 0 bridgehead atoms. The highest BCUT2D eigenvalue weighted by molar-refractivity contribution is 5.66. The molecule has 0 saturated heterocycles. The number of aliphatic hydroxyl groups is 1. The van der Waals surface area contributed by atoms with Crippen LogP contribution in [0.25, 0.3) is 0 Å². The lowest BCUT2D eigenvalue weighted by atomic mass is 10.0.